The number of halogens is 2. The second kappa shape index (κ2) is 7.92. The second-order valence-corrected chi connectivity index (χ2v) is 6.48. The number of hydrogen-bond acceptors (Lipinski definition) is 2. The highest BCUT2D eigenvalue weighted by Crippen LogP contribution is 2.28. The van der Waals surface area contributed by atoms with Crippen LogP contribution in [0.15, 0.2) is 29.6 Å². The highest BCUT2D eigenvalue weighted by atomic mass is 35.5. The van der Waals surface area contributed by atoms with Crippen LogP contribution >= 0.6 is 22.9 Å². The molecule has 0 amide bonds. The van der Waals surface area contributed by atoms with Crippen LogP contribution in [0.5, 0.6) is 0 Å². The van der Waals surface area contributed by atoms with Crippen LogP contribution in [0.2, 0.25) is 5.02 Å². The number of aryl methyl sites for hydroxylation is 1. The first-order valence-electron chi connectivity index (χ1n) is 7.39. The minimum Gasteiger partial charge on any atom is -0.309 e. The molecule has 114 valence electrons. The molecule has 1 aromatic carbocycles. The lowest BCUT2D eigenvalue weighted by molar-refractivity contribution is 0.531. The molecule has 2 rings (SSSR count). The molecule has 0 bridgehead atoms. The molecule has 21 heavy (non-hydrogen) atoms. The molecule has 1 unspecified atom stereocenters. The summed E-state index contributed by atoms with van der Waals surface area (Å²) in [6.07, 6.45) is 2.89. The third-order valence-electron chi connectivity index (χ3n) is 3.54. The van der Waals surface area contributed by atoms with Crippen molar-refractivity contribution in [3.05, 3.63) is 56.5 Å². The monoisotopic (exact) mass is 325 g/mol. The molecule has 0 aliphatic carbocycles. The van der Waals surface area contributed by atoms with E-state index in [2.05, 4.69) is 30.6 Å². The highest BCUT2D eigenvalue weighted by molar-refractivity contribution is 7.10. The Labute approximate surface area is 135 Å². The van der Waals surface area contributed by atoms with Gasteiger partial charge >= 0.3 is 0 Å². The van der Waals surface area contributed by atoms with E-state index in [-0.39, 0.29) is 16.9 Å². The standard InChI is InChI=1S/C17H21ClFNS/c1-3-8-20-16(17-13(4-2)7-9-21-17)11-12-5-6-14(18)15(19)10-12/h5-7,9-10,16,20H,3-4,8,11H2,1-2H3. The molecule has 0 saturated heterocycles. The molecule has 4 heteroatoms. The summed E-state index contributed by atoms with van der Waals surface area (Å²) in [4.78, 5) is 1.36. The number of benzene rings is 1. The van der Waals surface area contributed by atoms with Gasteiger partial charge in [-0.3, -0.25) is 0 Å². The van der Waals surface area contributed by atoms with E-state index in [4.69, 9.17) is 11.6 Å². The summed E-state index contributed by atoms with van der Waals surface area (Å²) in [5, 5.41) is 5.90. The zero-order valence-electron chi connectivity index (χ0n) is 12.5. The normalized spacial score (nSPS) is 12.6. The smallest absolute Gasteiger partial charge is 0.142 e. The van der Waals surface area contributed by atoms with Crippen LogP contribution in [0, 0.1) is 5.82 Å². The number of rotatable bonds is 7. The van der Waals surface area contributed by atoms with Gasteiger partial charge in [-0.2, -0.15) is 0 Å². The van der Waals surface area contributed by atoms with Gasteiger partial charge in [0.2, 0.25) is 0 Å². The fourth-order valence-corrected chi connectivity index (χ4v) is 3.61. The van der Waals surface area contributed by atoms with Crippen LogP contribution in [-0.4, -0.2) is 6.54 Å². The van der Waals surface area contributed by atoms with E-state index >= 15 is 0 Å². The average Bonchev–Trinajstić information content (AvgIpc) is 2.95. The van der Waals surface area contributed by atoms with Crippen molar-refractivity contribution in [2.24, 2.45) is 0 Å². The van der Waals surface area contributed by atoms with E-state index in [1.54, 1.807) is 23.5 Å². The highest BCUT2D eigenvalue weighted by Gasteiger charge is 2.17. The molecule has 1 aromatic heterocycles. The molecule has 0 aliphatic heterocycles. The Morgan fingerprint density at radius 3 is 2.76 bits per heavy atom. The maximum atomic E-state index is 13.6. The minimum atomic E-state index is -0.342. The molecule has 0 aliphatic rings. The predicted molar refractivity (Wildman–Crippen MR) is 89.8 cm³/mol. The molecule has 1 atom stereocenters. The molecule has 1 nitrogen and oxygen atoms in total. The lowest BCUT2D eigenvalue weighted by Gasteiger charge is -2.19. The Morgan fingerprint density at radius 1 is 1.29 bits per heavy atom. The van der Waals surface area contributed by atoms with Gasteiger partial charge in [-0.05, 0) is 60.5 Å². The van der Waals surface area contributed by atoms with Crippen molar-refractivity contribution in [3.8, 4) is 0 Å². The number of thiophene rings is 1. The number of hydrogen-bond donors (Lipinski definition) is 1. The van der Waals surface area contributed by atoms with Gasteiger partial charge in [-0.1, -0.05) is 31.5 Å². The van der Waals surface area contributed by atoms with E-state index in [9.17, 15) is 4.39 Å². The van der Waals surface area contributed by atoms with Gasteiger partial charge in [0.1, 0.15) is 5.82 Å². The molecule has 0 spiro atoms. The first kappa shape index (κ1) is 16.5. The third-order valence-corrected chi connectivity index (χ3v) is 4.92. The second-order valence-electron chi connectivity index (χ2n) is 5.12. The fourth-order valence-electron chi connectivity index (χ4n) is 2.42. The van der Waals surface area contributed by atoms with E-state index in [0.29, 0.717) is 0 Å². The van der Waals surface area contributed by atoms with Crippen LogP contribution in [0.25, 0.3) is 0 Å². The Hall–Kier alpha value is -0.900. The van der Waals surface area contributed by atoms with Crippen LogP contribution in [0.4, 0.5) is 4.39 Å². The SMILES string of the molecule is CCCNC(Cc1ccc(Cl)c(F)c1)c1sccc1CC. The number of nitrogens with one attached hydrogen (secondary N) is 1. The Bertz CT molecular complexity index is 582. The van der Waals surface area contributed by atoms with E-state index in [1.165, 1.54) is 10.4 Å². The van der Waals surface area contributed by atoms with E-state index in [1.807, 2.05) is 6.07 Å². The summed E-state index contributed by atoms with van der Waals surface area (Å²) >= 11 is 7.54. The van der Waals surface area contributed by atoms with Gasteiger partial charge in [0, 0.05) is 10.9 Å². The summed E-state index contributed by atoms with van der Waals surface area (Å²) in [5.74, 6) is -0.342. The van der Waals surface area contributed by atoms with Gasteiger partial charge in [0.25, 0.3) is 0 Å². The van der Waals surface area contributed by atoms with Crippen molar-refractivity contribution in [2.75, 3.05) is 6.54 Å². The van der Waals surface area contributed by atoms with Gasteiger partial charge in [0.15, 0.2) is 0 Å². The molecule has 2 aromatic rings. The van der Waals surface area contributed by atoms with Crippen LogP contribution in [0.1, 0.15) is 42.3 Å². The minimum absolute atomic E-state index is 0.183. The maximum Gasteiger partial charge on any atom is 0.142 e. The van der Waals surface area contributed by atoms with Gasteiger partial charge < -0.3 is 5.32 Å². The zero-order chi connectivity index (χ0) is 15.2. The maximum absolute atomic E-state index is 13.6. The first-order valence-corrected chi connectivity index (χ1v) is 8.65. The van der Waals surface area contributed by atoms with Crippen molar-refractivity contribution in [2.45, 2.75) is 39.2 Å². The van der Waals surface area contributed by atoms with E-state index in [0.717, 1.165) is 31.4 Å². The lowest BCUT2D eigenvalue weighted by atomic mass is 10.0. The Balaban J connectivity index is 2.21. The summed E-state index contributed by atoms with van der Waals surface area (Å²) in [6, 6.07) is 7.51. The fraction of sp³-hybridized carbons (Fsp3) is 0.412. The summed E-state index contributed by atoms with van der Waals surface area (Å²) < 4.78 is 13.6. The van der Waals surface area contributed by atoms with Crippen LogP contribution < -0.4 is 5.32 Å². The molecular weight excluding hydrogens is 305 g/mol. The molecule has 0 saturated carbocycles. The van der Waals surface area contributed by atoms with Crippen molar-refractivity contribution in [1.29, 1.82) is 0 Å². The van der Waals surface area contributed by atoms with Gasteiger partial charge in [-0.25, -0.2) is 4.39 Å². The van der Waals surface area contributed by atoms with Gasteiger partial charge in [-0.15, -0.1) is 11.3 Å². The lowest BCUT2D eigenvalue weighted by Crippen LogP contribution is -2.24. The molecule has 0 fully saturated rings. The zero-order valence-corrected chi connectivity index (χ0v) is 14.0. The van der Waals surface area contributed by atoms with Crippen molar-refractivity contribution >= 4 is 22.9 Å². The largest absolute Gasteiger partial charge is 0.309 e. The van der Waals surface area contributed by atoms with Gasteiger partial charge in [0.05, 0.1) is 5.02 Å². The Kier molecular flexibility index (Phi) is 6.22. The van der Waals surface area contributed by atoms with Crippen LogP contribution in [-0.2, 0) is 12.8 Å². The summed E-state index contributed by atoms with van der Waals surface area (Å²) in [5.41, 5.74) is 2.35. The molecule has 1 heterocycles. The van der Waals surface area contributed by atoms with Crippen molar-refractivity contribution in [1.82, 2.24) is 5.32 Å². The average molecular weight is 326 g/mol. The van der Waals surface area contributed by atoms with Crippen molar-refractivity contribution in [3.63, 3.8) is 0 Å². The summed E-state index contributed by atoms with van der Waals surface area (Å²) in [7, 11) is 0. The van der Waals surface area contributed by atoms with Crippen LogP contribution in [0.3, 0.4) is 0 Å². The third kappa shape index (κ3) is 4.29. The quantitative estimate of drug-likeness (QED) is 0.720. The Morgan fingerprint density at radius 2 is 2.10 bits per heavy atom. The van der Waals surface area contributed by atoms with E-state index < -0.39 is 0 Å². The molecule has 1 N–H and O–H groups in total. The van der Waals surface area contributed by atoms with Crippen molar-refractivity contribution < 1.29 is 4.39 Å². The summed E-state index contributed by atoms with van der Waals surface area (Å²) in [6.45, 7) is 5.29. The predicted octanol–water partition coefficient (Wildman–Crippen LogP) is 5.39. The molecule has 0 radical (unpaired) electrons. The first-order chi connectivity index (χ1) is 10.2. The molecular formula is C17H21ClFNS. The topological polar surface area (TPSA) is 12.0 Å².